The molecule has 2 aromatic rings. The van der Waals surface area contributed by atoms with Gasteiger partial charge >= 0.3 is 0 Å². The van der Waals surface area contributed by atoms with Crippen molar-refractivity contribution in [3.8, 4) is 0 Å². The molecule has 3 rings (SSSR count). The smallest absolute Gasteiger partial charge is 0.0482 e. The molecule has 15 heavy (non-hydrogen) atoms. The van der Waals surface area contributed by atoms with E-state index in [1.807, 2.05) is 12.1 Å². The molecule has 1 aliphatic carbocycles. The molecular formula is C12H15N3. The van der Waals surface area contributed by atoms with Gasteiger partial charge in [-0.1, -0.05) is 0 Å². The molecular weight excluding hydrogens is 186 g/mol. The molecule has 78 valence electrons. The number of aromatic nitrogens is 1. The number of nitrogens with zero attached hydrogens (tertiary/aromatic N) is 1. The number of anilines is 1. The van der Waals surface area contributed by atoms with Crippen LogP contribution in [-0.2, 0) is 6.54 Å². The van der Waals surface area contributed by atoms with Crippen LogP contribution < -0.4 is 11.5 Å². The molecule has 0 atom stereocenters. The number of hydrogen-bond acceptors (Lipinski definition) is 2. The van der Waals surface area contributed by atoms with Crippen molar-refractivity contribution in [3.63, 3.8) is 0 Å². The summed E-state index contributed by atoms with van der Waals surface area (Å²) in [6.45, 7) is 0.917. The Balaban J connectivity index is 2.04. The van der Waals surface area contributed by atoms with Gasteiger partial charge in [-0.3, -0.25) is 0 Å². The van der Waals surface area contributed by atoms with Crippen molar-refractivity contribution in [1.82, 2.24) is 4.57 Å². The minimum atomic E-state index is 0.0489. The molecule has 1 aromatic carbocycles. The number of nitrogen functional groups attached to an aromatic ring is 1. The predicted molar refractivity (Wildman–Crippen MR) is 62.5 cm³/mol. The lowest BCUT2D eigenvalue weighted by Gasteiger charge is -2.11. The molecule has 0 radical (unpaired) electrons. The Morgan fingerprint density at radius 1 is 1.27 bits per heavy atom. The first kappa shape index (κ1) is 8.80. The Morgan fingerprint density at radius 3 is 2.80 bits per heavy atom. The number of nitrogens with two attached hydrogens (primary N) is 2. The summed E-state index contributed by atoms with van der Waals surface area (Å²) in [6.07, 6.45) is 4.38. The van der Waals surface area contributed by atoms with Crippen molar-refractivity contribution in [1.29, 1.82) is 0 Å². The van der Waals surface area contributed by atoms with Gasteiger partial charge in [0.2, 0.25) is 0 Å². The summed E-state index contributed by atoms with van der Waals surface area (Å²) in [5.41, 5.74) is 13.9. The molecule has 0 aliphatic heterocycles. The van der Waals surface area contributed by atoms with Crippen molar-refractivity contribution in [2.45, 2.75) is 24.9 Å². The Morgan fingerprint density at radius 2 is 2.07 bits per heavy atom. The molecule has 1 heterocycles. The van der Waals surface area contributed by atoms with Gasteiger partial charge in [0.1, 0.15) is 0 Å². The fraction of sp³-hybridized carbons (Fsp3) is 0.333. The van der Waals surface area contributed by atoms with Gasteiger partial charge < -0.3 is 16.0 Å². The standard InChI is InChI=1S/C12H15N3/c13-10-1-2-11-9(7-10)3-6-15(11)8-12(14)4-5-12/h1-3,6-7H,4-5,8,13-14H2. The van der Waals surface area contributed by atoms with E-state index in [0.717, 1.165) is 25.1 Å². The summed E-state index contributed by atoms with van der Waals surface area (Å²) in [7, 11) is 0. The van der Waals surface area contributed by atoms with Crippen molar-refractivity contribution in [2.24, 2.45) is 5.73 Å². The Hall–Kier alpha value is -1.48. The summed E-state index contributed by atoms with van der Waals surface area (Å²) >= 11 is 0. The monoisotopic (exact) mass is 201 g/mol. The Bertz CT molecular complexity index is 509. The number of hydrogen-bond donors (Lipinski definition) is 2. The summed E-state index contributed by atoms with van der Waals surface area (Å²) in [6, 6.07) is 8.10. The summed E-state index contributed by atoms with van der Waals surface area (Å²) < 4.78 is 2.22. The van der Waals surface area contributed by atoms with Crippen LogP contribution in [0.5, 0.6) is 0 Å². The summed E-state index contributed by atoms with van der Waals surface area (Å²) in [4.78, 5) is 0. The van der Waals surface area contributed by atoms with E-state index >= 15 is 0 Å². The molecule has 0 saturated heterocycles. The zero-order valence-corrected chi connectivity index (χ0v) is 8.61. The average Bonchev–Trinajstić information content (AvgIpc) is 2.79. The first-order chi connectivity index (χ1) is 7.16. The van der Waals surface area contributed by atoms with Gasteiger partial charge in [-0.2, -0.15) is 0 Å². The van der Waals surface area contributed by atoms with Crippen LogP contribution in [0.25, 0.3) is 10.9 Å². The Kier molecular flexibility index (Phi) is 1.62. The maximum Gasteiger partial charge on any atom is 0.0482 e. The lowest BCUT2D eigenvalue weighted by Crippen LogP contribution is -2.27. The molecule has 1 saturated carbocycles. The van der Waals surface area contributed by atoms with E-state index in [2.05, 4.69) is 22.9 Å². The fourth-order valence-electron chi connectivity index (χ4n) is 2.01. The maximum absolute atomic E-state index is 6.11. The molecule has 1 fully saturated rings. The third-order valence-electron chi connectivity index (χ3n) is 3.17. The summed E-state index contributed by atoms with van der Waals surface area (Å²) in [5.74, 6) is 0. The number of rotatable bonds is 2. The first-order valence-corrected chi connectivity index (χ1v) is 5.30. The van der Waals surface area contributed by atoms with E-state index in [9.17, 15) is 0 Å². The third-order valence-corrected chi connectivity index (χ3v) is 3.17. The summed E-state index contributed by atoms with van der Waals surface area (Å²) in [5, 5.41) is 1.19. The van der Waals surface area contributed by atoms with E-state index in [0.29, 0.717) is 0 Å². The van der Waals surface area contributed by atoms with Crippen LogP contribution in [0.1, 0.15) is 12.8 Å². The highest BCUT2D eigenvalue weighted by atomic mass is 15.0. The van der Waals surface area contributed by atoms with Crippen molar-refractivity contribution >= 4 is 16.6 Å². The van der Waals surface area contributed by atoms with Crippen molar-refractivity contribution < 1.29 is 0 Å². The molecule has 1 aromatic heterocycles. The first-order valence-electron chi connectivity index (χ1n) is 5.30. The highest BCUT2D eigenvalue weighted by Crippen LogP contribution is 2.35. The minimum absolute atomic E-state index is 0.0489. The van der Waals surface area contributed by atoms with Gasteiger partial charge in [-0.15, -0.1) is 0 Å². The van der Waals surface area contributed by atoms with Crippen LogP contribution in [0.3, 0.4) is 0 Å². The van der Waals surface area contributed by atoms with Gasteiger partial charge in [0.25, 0.3) is 0 Å². The van der Waals surface area contributed by atoms with Crippen LogP contribution in [0.2, 0.25) is 0 Å². The third kappa shape index (κ3) is 1.49. The molecule has 0 bridgehead atoms. The van der Waals surface area contributed by atoms with Gasteiger partial charge in [0.05, 0.1) is 0 Å². The molecule has 3 nitrogen and oxygen atoms in total. The van der Waals surface area contributed by atoms with Gasteiger partial charge in [-0.05, 0) is 37.1 Å². The van der Waals surface area contributed by atoms with E-state index in [-0.39, 0.29) is 5.54 Å². The van der Waals surface area contributed by atoms with Crippen LogP contribution in [0.4, 0.5) is 5.69 Å². The lowest BCUT2D eigenvalue weighted by molar-refractivity contribution is 0.556. The topological polar surface area (TPSA) is 57.0 Å². The maximum atomic E-state index is 6.11. The van der Waals surface area contributed by atoms with Crippen LogP contribution in [-0.4, -0.2) is 10.1 Å². The fourth-order valence-corrected chi connectivity index (χ4v) is 2.01. The molecule has 0 amide bonds. The lowest BCUT2D eigenvalue weighted by atomic mass is 10.2. The highest BCUT2D eigenvalue weighted by molar-refractivity contribution is 5.83. The zero-order chi connectivity index (χ0) is 10.5. The molecule has 4 N–H and O–H groups in total. The minimum Gasteiger partial charge on any atom is -0.399 e. The van der Waals surface area contributed by atoms with Gasteiger partial charge in [0, 0.05) is 34.9 Å². The predicted octanol–water partition coefficient (Wildman–Crippen LogP) is 1.71. The quantitative estimate of drug-likeness (QED) is 0.727. The largest absolute Gasteiger partial charge is 0.399 e. The highest BCUT2D eigenvalue weighted by Gasteiger charge is 2.38. The number of fused-ring (bicyclic) bond motifs is 1. The average molecular weight is 201 g/mol. The molecule has 0 spiro atoms. The van der Waals surface area contributed by atoms with Crippen LogP contribution >= 0.6 is 0 Å². The van der Waals surface area contributed by atoms with Crippen LogP contribution in [0, 0.1) is 0 Å². The SMILES string of the molecule is Nc1ccc2c(ccn2CC2(N)CC2)c1. The van der Waals surface area contributed by atoms with E-state index in [1.165, 1.54) is 10.9 Å². The second-order valence-corrected chi connectivity index (χ2v) is 4.62. The molecule has 1 aliphatic rings. The molecule has 3 heteroatoms. The van der Waals surface area contributed by atoms with E-state index in [1.54, 1.807) is 0 Å². The zero-order valence-electron chi connectivity index (χ0n) is 8.61. The van der Waals surface area contributed by atoms with Gasteiger partial charge in [0.15, 0.2) is 0 Å². The van der Waals surface area contributed by atoms with Gasteiger partial charge in [-0.25, -0.2) is 0 Å². The second kappa shape index (κ2) is 2.76. The van der Waals surface area contributed by atoms with Crippen LogP contribution in [0.15, 0.2) is 30.5 Å². The number of benzene rings is 1. The second-order valence-electron chi connectivity index (χ2n) is 4.62. The normalized spacial score (nSPS) is 18.2. The molecule has 0 unspecified atom stereocenters. The van der Waals surface area contributed by atoms with E-state index in [4.69, 9.17) is 11.5 Å². The Labute approximate surface area is 88.7 Å². The van der Waals surface area contributed by atoms with Crippen molar-refractivity contribution in [3.05, 3.63) is 30.5 Å². The van der Waals surface area contributed by atoms with E-state index < -0.39 is 0 Å². The van der Waals surface area contributed by atoms with Crippen molar-refractivity contribution in [2.75, 3.05) is 5.73 Å².